The smallest absolute Gasteiger partial charge is 0.127 e. The van der Waals surface area contributed by atoms with Crippen molar-refractivity contribution in [3.63, 3.8) is 0 Å². The van der Waals surface area contributed by atoms with Gasteiger partial charge in [0.15, 0.2) is 0 Å². The zero-order valence-corrected chi connectivity index (χ0v) is 12.6. The Bertz CT molecular complexity index is 413. The zero-order valence-electron chi connectivity index (χ0n) is 12.6. The van der Waals surface area contributed by atoms with Gasteiger partial charge < -0.3 is 10.1 Å². The minimum atomic E-state index is -0.211. The first kappa shape index (κ1) is 15.3. The van der Waals surface area contributed by atoms with Crippen LogP contribution < -0.4 is 10.1 Å². The van der Waals surface area contributed by atoms with Gasteiger partial charge in [-0.15, -0.1) is 0 Å². The number of benzene rings is 1. The van der Waals surface area contributed by atoms with Gasteiger partial charge in [0.05, 0.1) is 6.10 Å². The molecule has 0 saturated heterocycles. The van der Waals surface area contributed by atoms with Gasteiger partial charge in [0, 0.05) is 12.6 Å². The van der Waals surface area contributed by atoms with Crippen LogP contribution in [-0.4, -0.2) is 12.6 Å². The first-order chi connectivity index (χ1) is 9.71. The van der Waals surface area contributed by atoms with Crippen molar-refractivity contribution in [3.8, 4) is 5.75 Å². The lowest BCUT2D eigenvalue weighted by molar-refractivity contribution is 0.129. The maximum atomic E-state index is 13.6. The highest BCUT2D eigenvalue weighted by molar-refractivity contribution is 5.29. The molecule has 1 fully saturated rings. The third-order valence-electron chi connectivity index (χ3n) is 4.18. The Morgan fingerprint density at radius 2 is 1.90 bits per heavy atom. The molecule has 1 aromatic rings. The van der Waals surface area contributed by atoms with E-state index in [0.29, 0.717) is 12.3 Å². The fourth-order valence-corrected chi connectivity index (χ4v) is 2.91. The number of ether oxygens (including phenoxy) is 1. The first-order valence-electron chi connectivity index (χ1n) is 7.88. The lowest BCUT2D eigenvalue weighted by atomic mass is 9.86. The summed E-state index contributed by atoms with van der Waals surface area (Å²) in [7, 11) is 0. The monoisotopic (exact) mass is 279 g/mol. The number of halogens is 1. The van der Waals surface area contributed by atoms with E-state index in [9.17, 15) is 4.39 Å². The van der Waals surface area contributed by atoms with Gasteiger partial charge in [-0.3, -0.25) is 0 Å². The van der Waals surface area contributed by atoms with Gasteiger partial charge in [-0.05, 0) is 55.8 Å². The minimum Gasteiger partial charge on any atom is -0.490 e. The summed E-state index contributed by atoms with van der Waals surface area (Å²) < 4.78 is 19.6. The summed E-state index contributed by atoms with van der Waals surface area (Å²) in [5.74, 6) is 1.32. The Morgan fingerprint density at radius 3 is 2.55 bits per heavy atom. The van der Waals surface area contributed by atoms with Crippen LogP contribution in [0.15, 0.2) is 18.2 Å². The van der Waals surface area contributed by atoms with Gasteiger partial charge in [0.25, 0.3) is 0 Å². The summed E-state index contributed by atoms with van der Waals surface area (Å²) in [6.07, 6.45) is 6.18. The predicted octanol–water partition coefficient (Wildman–Crippen LogP) is 4.28. The maximum absolute atomic E-state index is 13.6. The van der Waals surface area contributed by atoms with Crippen molar-refractivity contribution in [3.05, 3.63) is 29.6 Å². The summed E-state index contributed by atoms with van der Waals surface area (Å²) in [6, 6.07) is 5.03. The van der Waals surface area contributed by atoms with Gasteiger partial charge in [0.1, 0.15) is 11.6 Å². The van der Waals surface area contributed by atoms with Crippen LogP contribution in [0.2, 0.25) is 0 Å². The molecular formula is C17H26FNO. The summed E-state index contributed by atoms with van der Waals surface area (Å²) in [4.78, 5) is 0. The fourth-order valence-electron chi connectivity index (χ4n) is 2.91. The molecule has 0 atom stereocenters. The molecule has 0 aliphatic heterocycles. The van der Waals surface area contributed by atoms with E-state index in [2.05, 4.69) is 12.2 Å². The van der Waals surface area contributed by atoms with Crippen molar-refractivity contribution in [2.75, 3.05) is 6.54 Å². The Kier molecular flexibility index (Phi) is 5.84. The third kappa shape index (κ3) is 4.48. The molecular weight excluding hydrogens is 253 g/mol. The SMILES string of the molecule is CCNCc1cc(F)cc(OC2CCC(CC)CC2)c1. The van der Waals surface area contributed by atoms with Crippen LogP contribution in [0, 0.1) is 11.7 Å². The molecule has 0 spiro atoms. The number of nitrogens with one attached hydrogen (secondary N) is 1. The van der Waals surface area contributed by atoms with E-state index >= 15 is 0 Å². The number of hydrogen-bond acceptors (Lipinski definition) is 2. The van der Waals surface area contributed by atoms with Gasteiger partial charge in [0.2, 0.25) is 0 Å². The molecule has 0 radical (unpaired) electrons. The predicted molar refractivity (Wildman–Crippen MR) is 80.4 cm³/mol. The average Bonchev–Trinajstić information content (AvgIpc) is 2.45. The average molecular weight is 279 g/mol. The van der Waals surface area contributed by atoms with Crippen LogP contribution in [0.1, 0.15) is 51.5 Å². The molecule has 1 aliphatic carbocycles. The molecule has 2 rings (SSSR count). The topological polar surface area (TPSA) is 21.3 Å². The number of rotatable bonds is 6. The molecule has 20 heavy (non-hydrogen) atoms. The summed E-state index contributed by atoms with van der Waals surface area (Å²) in [5, 5.41) is 3.21. The van der Waals surface area contributed by atoms with Crippen molar-refractivity contribution in [2.24, 2.45) is 5.92 Å². The second kappa shape index (κ2) is 7.63. The van der Waals surface area contributed by atoms with Crippen LogP contribution in [-0.2, 0) is 6.54 Å². The number of hydrogen-bond donors (Lipinski definition) is 1. The van der Waals surface area contributed by atoms with Crippen molar-refractivity contribution in [2.45, 2.75) is 58.6 Å². The zero-order chi connectivity index (χ0) is 14.4. The lowest BCUT2D eigenvalue weighted by Crippen LogP contribution is -2.24. The standard InChI is InChI=1S/C17H26FNO/c1-3-13-5-7-16(8-6-13)20-17-10-14(12-19-4-2)9-15(18)11-17/h9-11,13,16,19H,3-8,12H2,1-2H3. The van der Waals surface area contributed by atoms with Crippen LogP contribution in [0.5, 0.6) is 5.75 Å². The second-order valence-corrected chi connectivity index (χ2v) is 5.74. The molecule has 0 amide bonds. The fraction of sp³-hybridized carbons (Fsp3) is 0.647. The van der Waals surface area contributed by atoms with E-state index < -0.39 is 0 Å². The van der Waals surface area contributed by atoms with Crippen molar-refractivity contribution in [1.82, 2.24) is 5.32 Å². The molecule has 0 aromatic heterocycles. The Labute approximate surface area is 121 Å². The Hall–Kier alpha value is -1.09. The summed E-state index contributed by atoms with van der Waals surface area (Å²) in [6.45, 7) is 5.87. The second-order valence-electron chi connectivity index (χ2n) is 5.74. The van der Waals surface area contributed by atoms with Gasteiger partial charge >= 0.3 is 0 Å². The molecule has 112 valence electrons. The highest BCUT2D eigenvalue weighted by atomic mass is 19.1. The van der Waals surface area contributed by atoms with E-state index in [1.807, 2.05) is 13.0 Å². The van der Waals surface area contributed by atoms with Crippen LogP contribution in [0.25, 0.3) is 0 Å². The van der Waals surface area contributed by atoms with Crippen molar-refractivity contribution >= 4 is 0 Å². The van der Waals surface area contributed by atoms with Crippen molar-refractivity contribution < 1.29 is 9.13 Å². The van der Waals surface area contributed by atoms with Crippen LogP contribution >= 0.6 is 0 Å². The first-order valence-corrected chi connectivity index (χ1v) is 7.88. The maximum Gasteiger partial charge on any atom is 0.127 e. The van der Waals surface area contributed by atoms with E-state index in [0.717, 1.165) is 30.9 Å². The molecule has 1 N–H and O–H groups in total. The third-order valence-corrected chi connectivity index (χ3v) is 4.18. The van der Waals surface area contributed by atoms with E-state index in [-0.39, 0.29) is 11.9 Å². The Morgan fingerprint density at radius 1 is 1.15 bits per heavy atom. The molecule has 3 heteroatoms. The molecule has 0 bridgehead atoms. The molecule has 1 aromatic carbocycles. The van der Waals surface area contributed by atoms with Crippen LogP contribution in [0.4, 0.5) is 4.39 Å². The summed E-state index contributed by atoms with van der Waals surface area (Å²) >= 11 is 0. The molecule has 1 aliphatic rings. The van der Waals surface area contributed by atoms with E-state index in [1.54, 1.807) is 6.07 Å². The van der Waals surface area contributed by atoms with Crippen molar-refractivity contribution in [1.29, 1.82) is 0 Å². The van der Waals surface area contributed by atoms with Gasteiger partial charge in [-0.1, -0.05) is 20.3 Å². The highest BCUT2D eigenvalue weighted by Gasteiger charge is 2.21. The summed E-state index contributed by atoms with van der Waals surface area (Å²) in [5.41, 5.74) is 0.948. The van der Waals surface area contributed by atoms with Gasteiger partial charge in [-0.25, -0.2) is 4.39 Å². The van der Waals surface area contributed by atoms with Crippen LogP contribution in [0.3, 0.4) is 0 Å². The minimum absolute atomic E-state index is 0.211. The molecule has 0 heterocycles. The largest absolute Gasteiger partial charge is 0.490 e. The normalized spacial score (nSPS) is 22.8. The van der Waals surface area contributed by atoms with E-state index in [4.69, 9.17) is 4.74 Å². The lowest BCUT2D eigenvalue weighted by Gasteiger charge is -2.28. The highest BCUT2D eigenvalue weighted by Crippen LogP contribution is 2.29. The van der Waals surface area contributed by atoms with Gasteiger partial charge in [-0.2, -0.15) is 0 Å². The Balaban J connectivity index is 1.93. The molecule has 0 unspecified atom stereocenters. The molecule has 2 nitrogen and oxygen atoms in total. The van der Waals surface area contributed by atoms with E-state index in [1.165, 1.54) is 25.3 Å². The molecule has 1 saturated carbocycles. The quantitative estimate of drug-likeness (QED) is 0.839.